The van der Waals surface area contributed by atoms with E-state index in [0.717, 1.165) is 48.6 Å². The Balaban J connectivity index is 0.859. The first-order valence-electron chi connectivity index (χ1n) is 15.0. The summed E-state index contributed by atoms with van der Waals surface area (Å²) in [5, 5.41) is 0. The van der Waals surface area contributed by atoms with Crippen molar-refractivity contribution in [1.82, 2.24) is 9.80 Å². The molecule has 8 saturated carbocycles. The lowest BCUT2D eigenvalue weighted by molar-refractivity contribution is -0.152. The van der Waals surface area contributed by atoms with Crippen LogP contribution in [0.4, 0.5) is 0 Å². The molecule has 0 aromatic heterocycles. The average Bonchev–Trinajstić information content (AvgIpc) is 2.81. The quantitative estimate of drug-likeness (QED) is 0.385. The zero-order valence-corrected chi connectivity index (χ0v) is 22.7. The van der Waals surface area contributed by atoms with E-state index in [2.05, 4.69) is 23.9 Å². The Morgan fingerprint density at radius 3 is 1.14 bits per heavy atom. The molecule has 0 aromatic rings. The lowest BCUT2D eigenvalue weighted by Crippen LogP contribution is -2.59. The summed E-state index contributed by atoms with van der Waals surface area (Å²) in [6.07, 6.45) is 16.8. The molecule has 202 valence electrons. The molecule has 8 aliphatic carbocycles. The molecule has 36 heavy (non-hydrogen) atoms. The minimum Gasteiger partial charge on any atom is -0.464 e. The van der Waals surface area contributed by atoms with Crippen LogP contribution in [0.1, 0.15) is 89.9 Å². The molecule has 0 heterocycles. The smallest absolute Gasteiger partial charge is 0.306 e. The zero-order chi connectivity index (χ0) is 24.9. The van der Waals surface area contributed by atoms with Crippen molar-refractivity contribution in [3.8, 4) is 0 Å². The van der Waals surface area contributed by atoms with Gasteiger partial charge in [0, 0.05) is 24.2 Å². The highest BCUT2D eigenvalue weighted by atomic mass is 16.5. The molecule has 8 aliphatic rings. The third-order valence-electron chi connectivity index (χ3n) is 11.5. The topological polar surface area (TPSA) is 59.1 Å². The molecule has 0 aromatic carbocycles. The number of likely N-dealkylation sites (N-methyl/N-ethyl adjacent to an activating group) is 2. The number of carbonyl (C=O) groups is 2. The predicted molar refractivity (Wildman–Crippen MR) is 138 cm³/mol. The van der Waals surface area contributed by atoms with E-state index in [1.165, 1.54) is 77.0 Å². The van der Waals surface area contributed by atoms with E-state index in [9.17, 15) is 9.59 Å². The third kappa shape index (κ3) is 4.98. The first-order chi connectivity index (χ1) is 17.3. The minimum absolute atomic E-state index is 0.116. The highest BCUT2D eigenvalue weighted by Crippen LogP contribution is 2.58. The Kier molecular flexibility index (Phi) is 6.90. The van der Waals surface area contributed by atoms with E-state index in [-0.39, 0.29) is 24.8 Å². The molecule has 0 unspecified atom stereocenters. The molecular formula is C30H48N2O4. The van der Waals surface area contributed by atoms with Crippen LogP contribution in [-0.4, -0.2) is 73.2 Å². The van der Waals surface area contributed by atoms with Gasteiger partial charge in [0.25, 0.3) is 0 Å². The summed E-state index contributed by atoms with van der Waals surface area (Å²) < 4.78 is 11.0. The molecule has 6 nitrogen and oxygen atoms in total. The van der Waals surface area contributed by atoms with E-state index < -0.39 is 0 Å². The van der Waals surface area contributed by atoms with Crippen molar-refractivity contribution in [2.45, 2.75) is 101 Å². The first kappa shape index (κ1) is 25.2. The molecule has 0 spiro atoms. The van der Waals surface area contributed by atoms with Crippen molar-refractivity contribution in [3.63, 3.8) is 0 Å². The second-order valence-electron chi connectivity index (χ2n) is 14.1. The molecule has 0 radical (unpaired) electrons. The van der Waals surface area contributed by atoms with Crippen LogP contribution in [-0.2, 0) is 19.1 Å². The number of nitrogens with zero attached hydrogens (tertiary/aromatic N) is 2. The Morgan fingerprint density at radius 1 is 0.583 bits per heavy atom. The monoisotopic (exact) mass is 500 g/mol. The maximum Gasteiger partial charge on any atom is 0.306 e. The minimum atomic E-state index is -0.281. The van der Waals surface area contributed by atoms with E-state index in [1.807, 2.05) is 0 Å². The number of rotatable bonds is 11. The highest BCUT2D eigenvalue weighted by molar-refractivity contribution is 5.77. The van der Waals surface area contributed by atoms with Crippen LogP contribution in [0, 0.1) is 35.5 Å². The lowest BCUT2D eigenvalue weighted by atomic mass is 9.52. The first-order valence-corrected chi connectivity index (χ1v) is 15.0. The summed E-state index contributed by atoms with van der Waals surface area (Å²) in [7, 11) is 4.44. The molecule has 8 fully saturated rings. The van der Waals surface area contributed by atoms with Crippen molar-refractivity contribution >= 4 is 11.9 Å². The van der Waals surface area contributed by atoms with Crippen LogP contribution < -0.4 is 0 Å². The predicted octanol–water partition coefficient (Wildman–Crippen LogP) is 4.65. The molecule has 0 aliphatic heterocycles. The number of carbonyl (C=O) groups excluding carboxylic acids is 2. The van der Waals surface area contributed by atoms with Crippen LogP contribution in [0.15, 0.2) is 0 Å². The molecule has 0 atom stereocenters. The van der Waals surface area contributed by atoms with Crippen LogP contribution in [0.25, 0.3) is 0 Å². The number of hydrogen-bond donors (Lipinski definition) is 0. The summed E-state index contributed by atoms with van der Waals surface area (Å²) in [5.41, 5.74) is 0.683. The Morgan fingerprint density at radius 2 is 0.861 bits per heavy atom. The highest BCUT2D eigenvalue weighted by Gasteiger charge is 2.53. The van der Waals surface area contributed by atoms with Crippen molar-refractivity contribution in [2.75, 3.05) is 40.4 Å². The van der Waals surface area contributed by atoms with Gasteiger partial charge in [-0.1, -0.05) is 0 Å². The number of hydrogen-bond acceptors (Lipinski definition) is 6. The Hall–Kier alpha value is -1.14. The molecule has 8 bridgehead atoms. The molecule has 0 saturated heterocycles. The molecular weight excluding hydrogens is 452 g/mol. The van der Waals surface area contributed by atoms with Gasteiger partial charge in [-0.15, -0.1) is 0 Å². The summed E-state index contributed by atoms with van der Waals surface area (Å²) in [5.74, 6) is 4.94. The van der Waals surface area contributed by atoms with Gasteiger partial charge in [-0.25, -0.2) is 0 Å². The normalized spacial score (nSPS) is 41.9. The summed E-state index contributed by atoms with van der Waals surface area (Å²) in [4.78, 5) is 29.5. The van der Waals surface area contributed by atoms with Crippen LogP contribution in [0.5, 0.6) is 0 Å². The van der Waals surface area contributed by atoms with Crippen LogP contribution in [0.3, 0.4) is 0 Å². The number of esters is 2. The summed E-state index contributed by atoms with van der Waals surface area (Å²) in [6.45, 7) is 2.42. The van der Waals surface area contributed by atoms with Gasteiger partial charge in [-0.2, -0.15) is 0 Å². The van der Waals surface area contributed by atoms with Gasteiger partial charge < -0.3 is 9.47 Å². The fourth-order valence-electron chi connectivity index (χ4n) is 10.5. The Bertz CT molecular complexity index is 702. The molecule has 8 rings (SSSR count). The maximum atomic E-state index is 12.3. The third-order valence-corrected chi connectivity index (χ3v) is 11.5. The van der Waals surface area contributed by atoms with E-state index in [1.54, 1.807) is 0 Å². The fraction of sp³-hybridized carbons (Fsp3) is 0.933. The fourth-order valence-corrected chi connectivity index (χ4v) is 10.5. The standard InChI is InChI=1S/C30H48N2O4/c1-31(29-15-21-9-22(16-29)11-23(10-21)17-29)5-7-35-27(33)3-4-28(34)36-8-6-32(2)30-18-24-12-25(19-30)14-26(13-24)20-30/h21-26H,3-20H2,1-2H3. The van der Waals surface area contributed by atoms with E-state index in [4.69, 9.17) is 9.47 Å². The van der Waals surface area contributed by atoms with Gasteiger partial charge in [0.05, 0.1) is 12.8 Å². The van der Waals surface area contributed by atoms with Crippen molar-refractivity contribution in [2.24, 2.45) is 35.5 Å². The zero-order valence-electron chi connectivity index (χ0n) is 22.7. The average molecular weight is 501 g/mol. The summed E-state index contributed by atoms with van der Waals surface area (Å²) >= 11 is 0. The van der Waals surface area contributed by atoms with E-state index in [0.29, 0.717) is 24.3 Å². The largest absolute Gasteiger partial charge is 0.464 e. The van der Waals surface area contributed by atoms with Crippen LogP contribution >= 0.6 is 0 Å². The van der Waals surface area contributed by atoms with E-state index >= 15 is 0 Å². The maximum absolute atomic E-state index is 12.3. The van der Waals surface area contributed by atoms with Gasteiger partial charge in [0.2, 0.25) is 0 Å². The SMILES string of the molecule is CN(CCOC(=O)CCC(=O)OCCN(C)C12CC3CC(CC(C3)C1)C2)C12CC3CC(CC(C3)C1)C2. The van der Waals surface area contributed by atoms with Crippen molar-refractivity contribution in [1.29, 1.82) is 0 Å². The second-order valence-corrected chi connectivity index (χ2v) is 14.1. The number of ether oxygens (including phenoxy) is 2. The van der Waals surface area contributed by atoms with Gasteiger partial charge in [-0.05, 0) is 127 Å². The molecule has 6 heteroatoms. The summed E-state index contributed by atoms with van der Waals surface area (Å²) in [6, 6.07) is 0. The molecule has 0 N–H and O–H groups in total. The van der Waals surface area contributed by atoms with Gasteiger partial charge >= 0.3 is 11.9 Å². The van der Waals surface area contributed by atoms with Gasteiger partial charge in [0.15, 0.2) is 0 Å². The lowest BCUT2D eigenvalue weighted by Gasteiger charge is -2.60. The van der Waals surface area contributed by atoms with Crippen molar-refractivity contribution < 1.29 is 19.1 Å². The van der Waals surface area contributed by atoms with Crippen LogP contribution in [0.2, 0.25) is 0 Å². The Labute approximate surface area is 217 Å². The van der Waals surface area contributed by atoms with Crippen molar-refractivity contribution in [3.05, 3.63) is 0 Å². The molecule has 0 amide bonds. The van der Waals surface area contributed by atoms with Gasteiger partial charge in [-0.3, -0.25) is 19.4 Å². The van der Waals surface area contributed by atoms with Gasteiger partial charge in [0.1, 0.15) is 13.2 Å². The second kappa shape index (κ2) is 9.87.